The van der Waals surface area contributed by atoms with Gasteiger partial charge in [0.25, 0.3) is 6.01 Å². The van der Waals surface area contributed by atoms with Crippen molar-refractivity contribution in [1.82, 2.24) is 9.97 Å². The number of anilines is 1. The van der Waals surface area contributed by atoms with Crippen LogP contribution < -0.4 is 5.73 Å². The molecule has 90 valence electrons. The lowest BCUT2D eigenvalue weighted by molar-refractivity contribution is 0.0691. The van der Waals surface area contributed by atoms with Gasteiger partial charge in [0, 0.05) is 22.7 Å². The van der Waals surface area contributed by atoms with Crippen molar-refractivity contribution in [2.45, 2.75) is 0 Å². The number of hydrogen-bond acceptors (Lipinski definition) is 4. The summed E-state index contributed by atoms with van der Waals surface area (Å²) in [5.74, 6) is -1.01. The minimum absolute atomic E-state index is 0.160. The Bertz CT molecular complexity index is 742. The number of aromatic amines is 1. The molecule has 2 heterocycles. The number of rotatable bonds is 2. The van der Waals surface area contributed by atoms with Crippen LogP contribution in [0.1, 0.15) is 10.5 Å². The maximum Gasteiger partial charge on any atom is 0.358 e. The van der Waals surface area contributed by atoms with Crippen molar-refractivity contribution in [2.24, 2.45) is 0 Å². The molecule has 0 bridgehead atoms. The molecule has 6 nitrogen and oxygen atoms in total. The average molecular weight is 243 g/mol. The highest BCUT2D eigenvalue weighted by Crippen LogP contribution is 2.32. The van der Waals surface area contributed by atoms with E-state index in [1.165, 1.54) is 0 Å². The molecule has 0 atom stereocenters. The Morgan fingerprint density at radius 2 is 2.17 bits per heavy atom. The van der Waals surface area contributed by atoms with E-state index < -0.39 is 5.97 Å². The second-order valence-electron chi connectivity index (χ2n) is 3.78. The third-order valence-corrected chi connectivity index (χ3v) is 2.68. The minimum atomic E-state index is -1.17. The van der Waals surface area contributed by atoms with E-state index in [1.807, 2.05) is 24.3 Å². The zero-order valence-electron chi connectivity index (χ0n) is 9.18. The van der Waals surface area contributed by atoms with E-state index in [0.29, 0.717) is 5.56 Å². The van der Waals surface area contributed by atoms with Crippen LogP contribution in [0.25, 0.3) is 22.2 Å². The van der Waals surface area contributed by atoms with Gasteiger partial charge in [-0.05, 0) is 6.07 Å². The van der Waals surface area contributed by atoms with Crippen LogP contribution in [0.2, 0.25) is 0 Å². The van der Waals surface area contributed by atoms with Gasteiger partial charge in [-0.2, -0.15) is 4.98 Å². The Morgan fingerprint density at radius 1 is 1.39 bits per heavy atom. The molecule has 18 heavy (non-hydrogen) atoms. The number of fused-ring (bicyclic) bond motifs is 1. The molecule has 3 aromatic rings. The Morgan fingerprint density at radius 3 is 2.94 bits per heavy atom. The molecule has 2 aromatic heterocycles. The fourth-order valence-electron chi connectivity index (χ4n) is 1.92. The quantitative estimate of drug-likeness (QED) is 0.639. The number of nitrogens with one attached hydrogen (secondary N) is 1. The van der Waals surface area contributed by atoms with Gasteiger partial charge >= 0.3 is 5.97 Å². The summed E-state index contributed by atoms with van der Waals surface area (Å²) in [6, 6.07) is 7.34. The smallest absolute Gasteiger partial charge is 0.358 e. The molecule has 0 saturated carbocycles. The maximum atomic E-state index is 11.1. The van der Waals surface area contributed by atoms with Gasteiger partial charge in [0.2, 0.25) is 0 Å². The van der Waals surface area contributed by atoms with Crippen LogP contribution in [-0.4, -0.2) is 21.0 Å². The molecule has 6 heteroatoms. The normalized spacial score (nSPS) is 10.9. The number of carboxylic acid groups (broad SMARTS) is 1. The fraction of sp³-hybridized carbons (Fsp3) is 0. The number of benzene rings is 1. The highest BCUT2D eigenvalue weighted by Gasteiger charge is 2.21. The first-order chi connectivity index (χ1) is 8.66. The van der Waals surface area contributed by atoms with Crippen LogP contribution in [0.15, 0.2) is 34.9 Å². The van der Waals surface area contributed by atoms with Gasteiger partial charge < -0.3 is 20.2 Å². The van der Waals surface area contributed by atoms with E-state index in [-0.39, 0.29) is 17.5 Å². The van der Waals surface area contributed by atoms with E-state index in [4.69, 9.17) is 15.3 Å². The van der Waals surface area contributed by atoms with Gasteiger partial charge in [0.1, 0.15) is 0 Å². The second-order valence-corrected chi connectivity index (χ2v) is 3.78. The highest BCUT2D eigenvalue weighted by atomic mass is 16.4. The second kappa shape index (κ2) is 3.63. The number of carbonyl (C=O) groups is 1. The van der Waals surface area contributed by atoms with Crippen LogP contribution >= 0.6 is 0 Å². The summed E-state index contributed by atoms with van der Waals surface area (Å²) in [5, 5.41) is 9.92. The van der Waals surface area contributed by atoms with Crippen LogP contribution in [0.5, 0.6) is 0 Å². The Labute approximate surface area is 101 Å². The number of nitrogens with zero attached hydrogens (tertiary/aromatic N) is 1. The third-order valence-electron chi connectivity index (χ3n) is 2.68. The number of oxazole rings is 1. The van der Waals surface area contributed by atoms with Crippen molar-refractivity contribution in [1.29, 1.82) is 0 Å². The topological polar surface area (TPSA) is 105 Å². The lowest BCUT2D eigenvalue weighted by Crippen LogP contribution is -1.99. The number of aromatic carboxylic acids is 1. The lowest BCUT2D eigenvalue weighted by Gasteiger charge is -1.95. The Balaban J connectivity index is 2.29. The summed E-state index contributed by atoms with van der Waals surface area (Å²) >= 11 is 0. The number of carboxylic acids is 1. The summed E-state index contributed by atoms with van der Waals surface area (Å²) in [5.41, 5.74) is 6.75. The van der Waals surface area contributed by atoms with Crippen molar-refractivity contribution < 1.29 is 14.3 Å². The van der Waals surface area contributed by atoms with Crippen molar-refractivity contribution in [3.63, 3.8) is 0 Å². The molecule has 1 aromatic carbocycles. The molecular weight excluding hydrogens is 234 g/mol. The first-order valence-electron chi connectivity index (χ1n) is 5.23. The molecule has 0 unspecified atom stereocenters. The van der Waals surface area contributed by atoms with E-state index >= 15 is 0 Å². The van der Waals surface area contributed by atoms with Gasteiger partial charge in [-0.15, -0.1) is 0 Å². The number of aromatic nitrogens is 2. The summed E-state index contributed by atoms with van der Waals surface area (Å²) < 4.78 is 5.19. The van der Waals surface area contributed by atoms with Gasteiger partial charge in [-0.25, -0.2) is 4.79 Å². The largest absolute Gasteiger partial charge is 0.476 e. The first-order valence-corrected chi connectivity index (χ1v) is 5.23. The molecule has 0 saturated heterocycles. The summed E-state index contributed by atoms with van der Waals surface area (Å²) in [6.07, 6.45) is 1.68. The molecule has 3 rings (SSSR count). The molecule has 0 fully saturated rings. The molecule has 0 amide bonds. The predicted molar refractivity (Wildman–Crippen MR) is 65.2 cm³/mol. The van der Waals surface area contributed by atoms with Crippen molar-refractivity contribution in [3.8, 4) is 11.3 Å². The highest BCUT2D eigenvalue weighted by molar-refractivity contribution is 6.00. The third kappa shape index (κ3) is 1.43. The van der Waals surface area contributed by atoms with Crippen molar-refractivity contribution in [2.75, 3.05) is 5.73 Å². The predicted octanol–water partition coefficient (Wildman–Crippen LogP) is 2.10. The van der Waals surface area contributed by atoms with Crippen LogP contribution in [-0.2, 0) is 0 Å². The SMILES string of the molecule is Nc1nc(C(=O)O)c(-c2c[nH]c3ccccc23)o1. The molecule has 4 N–H and O–H groups in total. The van der Waals surface area contributed by atoms with Gasteiger partial charge in [-0.1, -0.05) is 18.2 Å². The van der Waals surface area contributed by atoms with Crippen molar-refractivity contribution >= 4 is 22.9 Å². The van der Waals surface area contributed by atoms with E-state index in [9.17, 15) is 4.79 Å². The van der Waals surface area contributed by atoms with E-state index in [1.54, 1.807) is 6.20 Å². The fourth-order valence-corrected chi connectivity index (χ4v) is 1.92. The summed E-state index contributed by atoms with van der Waals surface area (Å²) in [7, 11) is 0. The molecule has 0 aliphatic heterocycles. The minimum Gasteiger partial charge on any atom is -0.476 e. The van der Waals surface area contributed by atoms with Crippen LogP contribution in [0, 0.1) is 0 Å². The maximum absolute atomic E-state index is 11.1. The first kappa shape index (κ1) is 10.4. The number of H-pyrrole nitrogens is 1. The van der Waals surface area contributed by atoms with E-state index in [2.05, 4.69) is 9.97 Å². The number of nitrogen functional groups attached to an aromatic ring is 1. The molecule has 0 aliphatic carbocycles. The van der Waals surface area contributed by atoms with Gasteiger partial charge in [0.15, 0.2) is 11.5 Å². The van der Waals surface area contributed by atoms with Gasteiger partial charge in [-0.3, -0.25) is 0 Å². The van der Waals surface area contributed by atoms with E-state index in [0.717, 1.165) is 10.9 Å². The zero-order chi connectivity index (χ0) is 12.7. The molecule has 0 aliphatic rings. The summed E-state index contributed by atoms with van der Waals surface area (Å²) in [4.78, 5) is 17.8. The zero-order valence-corrected chi connectivity index (χ0v) is 9.18. The number of hydrogen-bond donors (Lipinski definition) is 3. The Kier molecular flexibility index (Phi) is 2.09. The van der Waals surface area contributed by atoms with Gasteiger partial charge in [0.05, 0.1) is 0 Å². The number of para-hydroxylation sites is 1. The monoisotopic (exact) mass is 243 g/mol. The lowest BCUT2D eigenvalue weighted by atomic mass is 10.1. The molecule has 0 spiro atoms. The molecular formula is C12H9N3O3. The summed E-state index contributed by atoms with van der Waals surface area (Å²) in [6.45, 7) is 0. The average Bonchev–Trinajstić information content (AvgIpc) is 2.92. The molecule has 0 radical (unpaired) electrons. The van der Waals surface area contributed by atoms with Crippen LogP contribution in [0.3, 0.4) is 0 Å². The standard InChI is InChI=1S/C12H9N3O3/c13-12-15-9(11(16)17)10(18-12)7-5-14-8-4-2-1-3-6(7)8/h1-5,14H,(H2,13,15)(H,16,17). The Hall–Kier alpha value is -2.76. The van der Waals surface area contributed by atoms with Crippen LogP contribution in [0.4, 0.5) is 6.01 Å². The van der Waals surface area contributed by atoms with Crippen molar-refractivity contribution in [3.05, 3.63) is 36.2 Å². The number of nitrogens with two attached hydrogens (primary N) is 1.